The van der Waals surface area contributed by atoms with Crippen LogP contribution in [0.3, 0.4) is 0 Å². The summed E-state index contributed by atoms with van der Waals surface area (Å²) in [4.78, 5) is 12.5. The van der Waals surface area contributed by atoms with Crippen molar-refractivity contribution in [2.45, 2.75) is 37.4 Å². The van der Waals surface area contributed by atoms with Gasteiger partial charge >= 0.3 is 0 Å². The van der Waals surface area contributed by atoms with Gasteiger partial charge in [-0.25, -0.2) is 9.97 Å². The van der Waals surface area contributed by atoms with Gasteiger partial charge in [0.05, 0.1) is 12.9 Å². The maximum absolute atomic E-state index is 10.2. The molecule has 3 heterocycles. The van der Waals surface area contributed by atoms with Gasteiger partial charge in [-0.15, -0.1) is 0 Å². The molecule has 0 radical (unpaired) electrons. The fourth-order valence-electron chi connectivity index (χ4n) is 2.76. The van der Waals surface area contributed by atoms with Gasteiger partial charge in [0.2, 0.25) is 0 Å². The van der Waals surface area contributed by atoms with Crippen LogP contribution in [0.15, 0.2) is 17.6 Å². The van der Waals surface area contributed by atoms with Gasteiger partial charge in [0.15, 0.2) is 22.9 Å². The van der Waals surface area contributed by atoms with Crippen molar-refractivity contribution in [3.05, 3.63) is 18.1 Å². The molecule has 0 aliphatic carbocycles. The predicted octanol–water partition coefficient (Wildman–Crippen LogP) is -2.25. The molecule has 4 atom stereocenters. The summed E-state index contributed by atoms with van der Waals surface area (Å²) in [6, 6.07) is 0. The molecule has 25 heavy (non-hydrogen) atoms. The van der Waals surface area contributed by atoms with Crippen LogP contribution in [0.25, 0.3) is 11.2 Å². The van der Waals surface area contributed by atoms with Crippen molar-refractivity contribution >= 4 is 11.2 Å². The van der Waals surface area contributed by atoms with Gasteiger partial charge in [0.1, 0.15) is 24.6 Å². The Morgan fingerprint density at radius 1 is 1.12 bits per heavy atom. The summed E-state index contributed by atoms with van der Waals surface area (Å²) >= 11 is 0. The summed E-state index contributed by atoms with van der Waals surface area (Å²) in [5.74, 6) is 0. The molecule has 5 N–H and O–H groups in total. The van der Waals surface area contributed by atoms with Gasteiger partial charge in [-0.2, -0.15) is 4.73 Å². The zero-order valence-electron chi connectivity index (χ0n) is 13.4. The molecular formula is C14H21N5O6. The van der Waals surface area contributed by atoms with Gasteiger partial charge in [-0.3, -0.25) is 9.56 Å². The van der Waals surface area contributed by atoms with Gasteiger partial charge < -0.3 is 30.4 Å². The first-order valence-corrected chi connectivity index (χ1v) is 7.95. The minimum Gasteiger partial charge on any atom is -0.425 e. The van der Waals surface area contributed by atoms with E-state index >= 15 is 0 Å². The van der Waals surface area contributed by atoms with E-state index in [2.05, 4.69) is 15.0 Å². The molecule has 11 nitrogen and oxygen atoms in total. The van der Waals surface area contributed by atoms with Crippen molar-refractivity contribution in [2.75, 3.05) is 19.8 Å². The first-order chi connectivity index (χ1) is 12.1. The first kappa shape index (κ1) is 17.8. The quantitative estimate of drug-likeness (QED) is 0.287. The van der Waals surface area contributed by atoms with Crippen LogP contribution in [0.1, 0.15) is 19.1 Å². The van der Waals surface area contributed by atoms with E-state index in [9.17, 15) is 20.5 Å². The molecule has 11 heteroatoms. The molecule has 1 saturated heterocycles. The number of aliphatic hydroxyl groups is 4. The van der Waals surface area contributed by atoms with E-state index in [-0.39, 0.29) is 12.1 Å². The smallest absolute Gasteiger partial charge is 0.195 e. The second-order valence-corrected chi connectivity index (χ2v) is 5.78. The van der Waals surface area contributed by atoms with Gasteiger partial charge in [0, 0.05) is 13.2 Å². The van der Waals surface area contributed by atoms with E-state index in [0.717, 1.165) is 11.1 Å². The Balaban J connectivity index is 1.97. The third-order valence-electron chi connectivity index (χ3n) is 4.10. The molecule has 0 saturated carbocycles. The fourth-order valence-corrected chi connectivity index (χ4v) is 2.76. The number of aliphatic hydroxyl groups excluding tert-OH is 4. The van der Waals surface area contributed by atoms with E-state index in [1.807, 2.05) is 0 Å². The highest BCUT2D eigenvalue weighted by Crippen LogP contribution is 2.30. The highest BCUT2D eigenvalue weighted by atomic mass is 16.6. The number of unbranched alkanes of at least 4 members (excludes halogenated alkanes) is 1. The summed E-state index contributed by atoms with van der Waals surface area (Å²) in [5, 5.41) is 48.0. The van der Waals surface area contributed by atoms with Crippen LogP contribution < -0.4 is 5.49 Å². The van der Waals surface area contributed by atoms with Crippen molar-refractivity contribution in [3.63, 3.8) is 0 Å². The molecular weight excluding hydrogens is 334 g/mol. The van der Waals surface area contributed by atoms with Crippen LogP contribution in [0.4, 0.5) is 0 Å². The van der Waals surface area contributed by atoms with E-state index < -0.39 is 31.1 Å². The Kier molecular flexibility index (Phi) is 5.30. The lowest BCUT2D eigenvalue weighted by molar-refractivity contribution is -0.0511. The molecule has 1 fully saturated rings. The fraction of sp³-hybridized carbons (Fsp3) is 0.643. The third-order valence-corrected chi connectivity index (χ3v) is 4.10. The number of aromatic nitrogens is 4. The summed E-state index contributed by atoms with van der Waals surface area (Å²) in [5.41, 5.74) is 0.793. The van der Waals surface area contributed by atoms with Crippen LogP contribution in [0, 0.1) is 0 Å². The van der Waals surface area contributed by atoms with Crippen LogP contribution >= 0.6 is 0 Å². The number of imidazole rings is 1. The van der Waals surface area contributed by atoms with Gasteiger partial charge in [0.25, 0.3) is 0 Å². The van der Waals surface area contributed by atoms with Gasteiger partial charge in [-0.1, -0.05) is 0 Å². The summed E-state index contributed by atoms with van der Waals surface area (Å²) < 4.78 is 7.64. The first-order valence-electron chi connectivity index (χ1n) is 7.95. The molecule has 0 bridgehead atoms. The Morgan fingerprint density at radius 3 is 2.60 bits per heavy atom. The average Bonchev–Trinajstić information content (AvgIpc) is 3.15. The minimum atomic E-state index is -1.26. The van der Waals surface area contributed by atoms with Crippen molar-refractivity contribution < 1.29 is 30.4 Å². The molecule has 2 aromatic rings. The second kappa shape index (κ2) is 7.45. The van der Waals surface area contributed by atoms with Crippen LogP contribution in [0.2, 0.25) is 0 Å². The van der Waals surface area contributed by atoms with Crippen molar-refractivity contribution in [3.8, 4) is 0 Å². The van der Waals surface area contributed by atoms with Gasteiger partial charge in [-0.05, 0) is 12.8 Å². The summed E-state index contributed by atoms with van der Waals surface area (Å²) in [7, 11) is 0. The molecule has 0 unspecified atom stereocenters. The molecule has 0 amide bonds. The lowest BCUT2D eigenvalue weighted by Crippen LogP contribution is -2.33. The van der Waals surface area contributed by atoms with E-state index in [1.54, 1.807) is 0 Å². The van der Waals surface area contributed by atoms with E-state index in [0.29, 0.717) is 30.6 Å². The monoisotopic (exact) mass is 355 g/mol. The highest BCUT2D eigenvalue weighted by molar-refractivity contribution is 5.68. The Labute approximate surface area is 142 Å². The van der Waals surface area contributed by atoms with Crippen molar-refractivity contribution in [1.29, 1.82) is 0 Å². The lowest BCUT2D eigenvalue weighted by Gasteiger charge is -2.16. The highest BCUT2D eigenvalue weighted by Gasteiger charge is 2.43. The number of rotatable bonds is 6. The van der Waals surface area contributed by atoms with Crippen molar-refractivity contribution in [1.82, 2.24) is 19.3 Å². The molecule has 0 spiro atoms. The molecule has 2 aromatic heterocycles. The number of hydrogen-bond donors (Lipinski definition) is 5. The van der Waals surface area contributed by atoms with Crippen molar-refractivity contribution in [2.24, 2.45) is 4.99 Å². The van der Waals surface area contributed by atoms with E-state index in [1.165, 1.54) is 10.9 Å². The minimum absolute atomic E-state index is 0.0697. The zero-order chi connectivity index (χ0) is 18.0. The van der Waals surface area contributed by atoms with Crippen LogP contribution in [-0.4, -0.2) is 83.0 Å². The molecule has 1 aliphatic rings. The SMILES string of the molecule is OCCCCN=c1c2ncn([C@@H]3O[C@H](CO)[C@@H](O)[C@H]3O)c2ncn1O. The van der Waals surface area contributed by atoms with E-state index in [4.69, 9.17) is 9.84 Å². The van der Waals surface area contributed by atoms with Crippen LogP contribution in [0.5, 0.6) is 0 Å². The maximum Gasteiger partial charge on any atom is 0.195 e. The van der Waals surface area contributed by atoms with Crippen LogP contribution in [-0.2, 0) is 4.74 Å². The number of hydrogen-bond acceptors (Lipinski definition) is 9. The average molecular weight is 355 g/mol. The lowest BCUT2D eigenvalue weighted by atomic mass is 10.1. The zero-order valence-corrected chi connectivity index (χ0v) is 13.4. The largest absolute Gasteiger partial charge is 0.425 e. The Morgan fingerprint density at radius 2 is 1.92 bits per heavy atom. The predicted molar refractivity (Wildman–Crippen MR) is 82.5 cm³/mol. The second-order valence-electron chi connectivity index (χ2n) is 5.78. The number of ether oxygens (including phenoxy) is 1. The normalized spacial score (nSPS) is 27.4. The number of nitrogens with zero attached hydrogens (tertiary/aromatic N) is 5. The molecule has 3 rings (SSSR count). The third kappa shape index (κ3) is 3.24. The molecule has 138 valence electrons. The summed E-state index contributed by atoms with van der Waals surface area (Å²) in [6.07, 6.45) is -0.620. The molecule has 1 aliphatic heterocycles. The standard InChI is InChI=1S/C14H21N5O6/c20-4-2-1-3-15-13-9-12(17-7-19(13)24)18(6-16-9)14-11(23)10(22)8(5-21)25-14/h6-8,10-11,14,20-24H,1-5H2/t8-,10-,11-,14-/m1/s1. The molecule has 0 aromatic carbocycles. The topological polar surface area (TPSA) is 158 Å². The Hall–Kier alpha value is -2.05. The maximum atomic E-state index is 10.2. The number of fused-ring (bicyclic) bond motifs is 1. The Bertz CT molecular complexity index is 790. The summed E-state index contributed by atoms with van der Waals surface area (Å²) in [6.45, 7) is 0.0259.